The van der Waals surface area contributed by atoms with Gasteiger partial charge in [-0.1, -0.05) is 92.8 Å². The van der Waals surface area contributed by atoms with Gasteiger partial charge in [0.05, 0.1) is 24.3 Å². The fraction of sp³-hybridized carbons (Fsp3) is 0.434. The van der Waals surface area contributed by atoms with Crippen molar-refractivity contribution in [3.05, 3.63) is 141 Å². The van der Waals surface area contributed by atoms with Crippen LogP contribution in [0.2, 0.25) is 0 Å². The van der Waals surface area contributed by atoms with Gasteiger partial charge in [-0.15, -0.1) is 0 Å². The molecule has 4 heterocycles. The molecular formula is C53H63N5O9. The van der Waals surface area contributed by atoms with Gasteiger partial charge in [0, 0.05) is 30.1 Å². The lowest BCUT2D eigenvalue weighted by Crippen LogP contribution is -2.52. The zero-order valence-electron chi connectivity index (χ0n) is 38.0. The number of piperidine rings is 3. The highest BCUT2D eigenvalue weighted by Gasteiger charge is 2.37. The molecule has 1 aliphatic carbocycles. The molecule has 0 spiro atoms. The topological polar surface area (TPSA) is 192 Å². The van der Waals surface area contributed by atoms with E-state index in [9.17, 15) is 29.4 Å². The molecule has 5 aromatic rings. The number of phenols is 1. The number of carbonyl (C=O) groups excluding carboxylic acids is 3. The molecule has 67 heavy (non-hydrogen) atoms. The van der Waals surface area contributed by atoms with Crippen molar-refractivity contribution >= 4 is 28.9 Å². The smallest absolute Gasteiger partial charge is 0.408 e. The van der Waals surface area contributed by atoms with E-state index in [1.807, 2.05) is 66.7 Å². The lowest BCUT2D eigenvalue weighted by atomic mass is 9.84. The molecule has 3 saturated heterocycles. The number of H-pyrrole nitrogens is 1. The maximum Gasteiger partial charge on any atom is 0.408 e. The zero-order valence-corrected chi connectivity index (χ0v) is 38.0. The average Bonchev–Trinajstić information content (AvgIpc) is 3.35. The number of ether oxygens (including phenoxy) is 3. The molecule has 3 unspecified atom stereocenters. The first-order chi connectivity index (χ1) is 32.7. The maximum atomic E-state index is 13.6. The lowest BCUT2D eigenvalue weighted by Gasteiger charge is -2.43. The Labute approximate surface area is 391 Å². The van der Waals surface area contributed by atoms with Crippen molar-refractivity contribution in [2.45, 2.75) is 95.1 Å². The first kappa shape index (κ1) is 47.3. The van der Waals surface area contributed by atoms with Crippen LogP contribution < -0.4 is 26.2 Å². The van der Waals surface area contributed by atoms with Crippen molar-refractivity contribution in [2.75, 3.05) is 39.3 Å². The SMILES string of the molecule is O=C(N[C@@H](c1ccccc1)c1cccc(OCc2ccc(C(=O)NC(CC3CCCCC3)C(=O)OCCCCNCC(O)c3ccc(O)c4[nH]c(=O)ccc34)cc2)c1)OC1CN2CCC1CC2. The summed E-state index contributed by atoms with van der Waals surface area (Å²) in [5, 5.41) is 30.9. The number of amides is 2. The Kier molecular flexibility index (Phi) is 16.2. The minimum Gasteiger partial charge on any atom is -0.506 e. The second-order valence-electron chi connectivity index (χ2n) is 18.3. The van der Waals surface area contributed by atoms with Crippen LogP contribution in [0.4, 0.5) is 4.79 Å². The number of rotatable bonds is 20. The number of esters is 1. The van der Waals surface area contributed by atoms with Gasteiger partial charge >= 0.3 is 12.1 Å². The van der Waals surface area contributed by atoms with Crippen molar-refractivity contribution in [3.63, 3.8) is 0 Å². The van der Waals surface area contributed by atoms with E-state index in [4.69, 9.17) is 14.2 Å². The van der Waals surface area contributed by atoms with E-state index in [1.54, 1.807) is 24.3 Å². The summed E-state index contributed by atoms with van der Waals surface area (Å²) in [6.45, 7) is 4.20. The second kappa shape index (κ2) is 23.0. The maximum absolute atomic E-state index is 13.6. The number of fused-ring (bicyclic) bond motifs is 4. The van der Waals surface area contributed by atoms with Crippen LogP contribution in [0.5, 0.6) is 11.5 Å². The van der Waals surface area contributed by atoms with Gasteiger partial charge in [0.2, 0.25) is 5.56 Å². The average molecular weight is 914 g/mol. The Balaban J connectivity index is 0.809. The predicted molar refractivity (Wildman–Crippen MR) is 255 cm³/mol. The van der Waals surface area contributed by atoms with Crippen LogP contribution in [-0.2, 0) is 20.9 Å². The molecule has 3 aliphatic heterocycles. The normalized spacial score (nSPS) is 19.5. The van der Waals surface area contributed by atoms with Gasteiger partial charge in [-0.25, -0.2) is 9.59 Å². The van der Waals surface area contributed by atoms with Crippen LogP contribution in [0, 0.1) is 11.8 Å². The molecule has 4 aliphatic rings. The Morgan fingerprint density at radius 1 is 0.821 bits per heavy atom. The number of alkyl carbamates (subject to hydrolysis) is 1. The summed E-state index contributed by atoms with van der Waals surface area (Å²) in [5.74, 6) is 0.512. The summed E-state index contributed by atoms with van der Waals surface area (Å²) in [5.41, 5.74) is 3.59. The van der Waals surface area contributed by atoms with Crippen molar-refractivity contribution in [2.24, 2.45) is 11.8 Å². The Hall–Kier alpha value is -6.22. The summed E-state index contributed by atoms with van der Waals surface area (Å²) in [6.07, 6.45) is 7.94. The molecule has 354 valence electrons. The van der Waals surface area contributed by atoms with Crippen molar-refractivity contribution < 1.29 is 38.8 Å². The minimum absolute atomic E-state index is 0.0640. The van der Waals surface area contributed by atoms with Crippen LogP contribution in [-0.4, -0.2) is 89.5 Å². The van der Waals surface area contributed by atoms with E-state index in [1.165, 1.54) is 18.6 Å². The van der Waals surface area contributed by atoms with Gasteiger partial charge in [-0.2, -0.15) is 0 Å². The Morgan fingerprint density at radius 2 is 1.60 bits per heavy atom. The Bertz CT molecular complexity index is 2480. The standard InChI is InChI=1S/C53H63N5O9/c59-45-22-20-42(43-21-23-48(61)56-50(43)45)46(60)32-54-26-7-8-29-65-52(63)44(30-35-10-3-1-4-11-35)55-51(62)39-18-16-36(17-19-39)34-66-41-15-9-14-40(31-41)49(38-12-5-2-6-13-38)57-53(64)67-47-33-58-27-24-37(47)25-28-58/h2,5-6,9,12-23,31,35,37,44,46-47,49,54,59-60H,1,3-4,7-8,10-11,24-30,32-34H2,(H,55,62)(H,56,61)(H,57,64)/t44?,46?,47?,49-/m0/s1. The number of aromatic amines is 1. The van der Waals surface area contributed by atoms with Crippen LogP contribution in [0.15, 0.2) is 108 Å². The van der Waals surface area contributed by atoms with Crippen molar-refractivity contribution in [1.82, 2.24) is 25.8 Å². The van der Waals surface area contributed by atoms with Crippen molar-refractivity contribution in [1.29, 1.82) is 0 Å². The fourth-order valence-electron chi connectivity index (χ4n) is 9.78. The lowest BCUT2D eigenvalue weighted by molar-refractivity contribution is -0.146. The first-order valence-electron chi connectivity index (χ1n) is 23.9. The highest BCUT2D eigenvalue weighted by molar-refractivity contribution is 5.96. The number of unbranched alkanes of at least 4 members (excludes halogenated alkanes) is 1. The largest absolute Gasteiger partial charge is 0.506 e. The zero-order chi connectivity index (χ0) is 46.5. The number of phenolic OH excluding ortho intramolecular Hbond substituents is 1. The van der Waals surface area contributed by atoms with Gasteiger partial charge < -0.3 is 45.4 Å². The third kappa shape index (κ3) is 12.8. The second-order valence-corrected chi connectivity index (χ2v) is 18.3. The minimum atomic E-state index is -0.870. The molecule has 1 aromatic heterocycles. The third-order valence-corrected chi connectivity index (χ3v) is 13.5. The van der Waals surface area contributed by atoms with Crippen LogP contribution in [0.1, 0.15) is 109 Å². The number of nitrogens with one attached hydrogen (secondary N) is 4. The van der Waals surface area contributed by atoms with Gasteiger partial charge in [0.1, 0.15) is 30.3 Å². The Morgan fingerprint density at radius 3 is 2.36 bits per heavy atom. The monoisotopic (exact) mass is 913 g/mol. The summed E-state index contributed by atoms with van der Waals surface area (Å²) < 4.78 is 17.9. The molecule has 4 aromatic carbocycles. The highest BCUT2D eigenvalue weighted by Crippen LogP contribution is 2.32. The summed E-state index contributed by atoms with van der Waals surface area (Å²) in [6, 6.07) is 29.5. The number of aliphatic hydroxyl groups excluding tert-OH is 1. The van der Waals surface area contributed by atoms with Crippen LogP contribution >= 0.6 is 0 Å². The first-order valence-corrected chi connectivity index (χ1v) is 23.9. The van der Waals surface area contributed by atoms with E-state index in [2.05, 4.69) is 25.8 Å². The number of hydrogen-bond donors (Lipinski definition) is 6. The van der Waals surface area contributed by atoms with E-state index in [0.717, 1.165) is 74.8 Å². The molecule has 1 saturated carbocycles. The number of carbonyl (C=O) groups is 3. The van der Waals surface area contributed by atoms with Gasteiger partial charge in [-0.3, -0.25) is 14.5 Å². The van der Waals surface area contributed by atoms with Gasteiger partial charge in [0.25, 0.3) is 5.91 Å². The van der Waals surface area contributed by atoms with E-state index in [-0.39, 0.29) is 48.6 Å². The number of hydrogen-bond acceptors (Lipinski definition) is 11. The van der Waals surface area contributed by atoms with E-state index >= 15 is 0 Å². The number of aliphatic hydroxyl groups is 1. The van der Waals surface area contributed by atoms with E-state index < -0.39 is 30.3 Å². The molecule has 4 atom stereocenters. The number of pyridine rings is 1. The molecule has 9 rings (SSSR count). The molecule has 2 amide bonds. The number of aromatic nitrogens is 1. The molecular weight excluding hydrogens is 851 g/mol. The van der Waals surface area contributed by atoms with Gasteiger partial charge in [-0.05, 0) is 122 Å². The molecule has 6 N–H and O–H groups in total. The highest BCUT2D eigenvalue weighted by atomic mass is 16.6. The number of nitrogens with zero attached hydrogens (tertiary/aromatic N) is 1. The van der Waals surface area contributed by atoms with Crippen LogP contribution in [0.25, 0.3) is 10.9 Å². The van der Waals surface area contributed by atoms with Crippen LogP contribution in [0.3, 0.4) is 0 Å². The number of benzene rings is 4. The summed E-state index contributed by atoms with van der Waals surface area (Å²) in [7, 11) is 0. The predicted octanol–water partition coefficient (Wildman–Crippen LogP) is 7.44. The molecule has 4 fully saturated rings. The fourth-order valence-corrected chi connectivity index (χ4v) is 9.78. The van der Waals surface area contributed by atoms with Gasteiger partial charge in [0.15, 0.2) is 0 Å². The van der Waals surface area contributed by atoms with E-state index in [0.29, 0.717) is 59.9 Å². The molecule has 2 bridgehead atoms. The van der Waals surface area contributed by atoms with Crippen molar-refractivity contribution in [3.8, 4) is 11.5 Å². The summed E-state index contributed by atoms with van der Waals surface area (Å²) >= 11 is 0. The third-order valence-electron chi connectivity index (χ3n) is 13.5. The number of aromatic hydroxyl groups is 1. The molecule has 0 radical (unpaired) electrons. The molecule has 14 nitrogen and oxygen atoms in total. The molecule has 14 heteroatoms. The summed E-state index contributed by atoms with van der Waals surface area (Å²) in [4.78, 5) is 57.1. The quantitative estimate of drug-likeness (QED) is 0.0336.